The monoisotopic (exact) mass is 486 g/mol. The number of para-hydroxylation sites is 1. The van der Waals surface area contributed by atoms with E-state index in [-0.39, 0.29) is 5.91 Å². The van der Waals surface area contributed by atoms with Crippen molar-refractivity contribution in [3.63, 3.8) is 0 Å². The Morgan fingerprint density at radius 2 is 1.89 bits per heavy atom. The molecule has 0 fully saturated rings. The number of rotatable bonds is 5. The van der Waals surface area contributed by atoms with Gasteiger partial charge in [0.1, 0.15) is 12.7 Å². The lowest BCUT2D eigenvalue weighted by Gasteiger charge is -2.27. The minimum absolute atomic E-state index is 0.114. The minimum atomic E-state index is -0.114. The van der Waals surface area contributed by atoms with Crippen molar-refractivity contribution in [1.29, 1.82) is 0 Å². The van der Waals surface area contributed by atoms with E-state index in [0.29, 0.717) is 23.8 Å². The smallest absolute Gasteiger partial charge is 0.252 e. The molecule has 0 saturated carbocycles. The van der Waals surface area contributed by atoms with Gasteiger partial charge in [-0.05, 0) is 53.7 Å². The number of hydrogen-bond donors (Lipinski definition) is 1. The number of carbonyl (C=O) groups excluding carboxylic acids is 1. The Hall–Kier alpha value is -4.65. The molecular weight excluding hydrogens is 460 g/mol. The molecule has 0 aliphatic heterocycles. The minimum Gasteiger partial charge on any atom is -0.348 e. The molecule has 0 bridgehead atoms. The summed E-state index contributed by atoms with van der Waals surface area (Å²) in [5.41, 5.74) is 6.63. The Kier molecular flexibility index (Phi) is 6.02. The van der Waals surface area contributed by atoms with Crippen LogP contribution in [-0.2, 0) is 13.0 Å². The van der Waals surface area contributed by atoms with Gasteiger partial charge in [-0.1, -0.05) is 61.5 Å². The largest absolute Gasteiger partial charge is 0.348 e. The van der Waals surface area contributed by atoms with Gasteiger partial charge in [0.25, 0.3) is 5.91 Å². The average Bonchev–Trinajstić information content (AvgIpc) is 3.46. The first-order valence-corrected chi connectivity index (χ1v) is 12.4. The number of allylic oxidation sites excluding steroid dienone is 1. The van der Waals surface area contributed by atoms with Crippen LogP contribution in [0.2, 0.25) is 0 Å². The normalized spacial score (nSPS) is 16.0. The summed E-state index contributed by atoms with van der Waals surface area (Å²) in [7, 11) is 0. The summed E-state index contributed by atoms with van der Waals surface area (Å²) in [4.78, 5) is 27.4. The molecule has 1 unspecified atom stereocenters. The van der Waals surface area contributed by atoms with E-state index in [1.54, 1.807) is 17.2 Å². The van der Waals surface area contributed by atoms with Crippen molar-refractivity contribution in [2.75, 3.05) is 0 Å². The van der Waals surface area contributed by atoms with Gasteiger partial charge in [0.05, 0.1) is 16.8 Å². The number of aromatic nitrogens is 5. The molecule has 1 aliphatic rings. The van der Waals surface area contributed by atoms with Crippen LogP contribution in [0.1, 0.15) is 46.1 Å². The van der Waals surface area contributed by atoms with Gasteiger partial charge in [-0.3, -0.25) is 4.79 Å². The molecule has 1 amide bonds. The maximum atomic E-state index is 13.9. The zero-order valence-corrected chi connectivity index (χ0v) is 20.5. The highest BCUT2D eigenvalue weighted by Crippen LogP contribution is 2.38. The maximum absolute atomic E-state index is 13.9. The summed E-state index contributed by atoms with van der Waals surface area (Å²) in [6, 6.07) is 22.0. The number of hydrogen-bond acceptors (Lipinski definition) is 5. The van der Waals surface area contributed by atoms with Crippen LogP contribution in [0.15, 0.2) is 85.6 Å². The van der Waals surface area contributed by atoms with E-state index in [2.05, 4.69) is 45.5 Å². The van der Waals surface area contributed by atoms with Crippen molar-refractivity contribution < 1.29 is 4.79 Å². The van der Waals surface area contributed by atoms with Gasteiger partial charge in [0.15, 0.2) is 5.82 Å². The summed E-state index contributed by atoms with van der Waals surface area (Å²) >= 11 is 0. The Morgan fingerprint density at radius 3 is 2.73 bits per heavy atom. The summed E-state index contributed by atoms with van der Waals surface area (Å²) in [5.74, 6) is 0.925. The topological polar surface area (TPSA) is 85.6 Å². The van der Waals surface area contributed by atoms with Crippen LogP contribution in [-0.4, -0.2) is 30.6 Å². The predicted molar refractivity (Wildman–Crippen MR) is 144 cm³/mol. The van der Waals surface area contributed by atoms with Crippen LogP contribution >= 0.6 is 0 Å². The lowest BCUT2D eigenvalue weighted by Crippen LogP contribution is -2.27. The van der Waals surface area contributed by atoms with Gasteiger partial charge in [-0.15, -0.1) is 0 Å². The van der Waals surface area contributed by atoms with E-state index >= 15 is 0 Å². The molecule has 5 aromatic rings. The molecule has 3 heterocycles. The van der Waals surface area contributed by atoms with Crippen molar-refractivity contribution in [3.8, 4) is 5.82 Å². The lowest BCUT2D eigenvalue weighted by molar-refractivity contribution is 0.0951. The van der Waals surface area contributed by atoms with Crippen LogP contribution in [0, 0.1) is 5.92 Å². The van der Waals surface area contributed by atoms with E-state index in [0.717, 1.165) is 46.1 Å². The number of pyridine rings is 2. The van der Waals surface area contributed by atoms with Crippen molar-refractivity contribution in [2.45, 2.75) is 26.3 Å². The molecule has 0 radical (unpaired) electrons. The quantitative estimate of drug-likeness (QED) is 0.366. The molecule has 7 heteroatoms. The van der Waals surface area contributed by atoms with Crippen molar-refractivity contribution in [3.05, 3.63) is 114 Å². The third kappa shape index (κ3) is 4.51. The standard InChI is InChI=1S/C30H26N6O/c1-20-14-23(16-21-8-3-2-4-9-21)28-25(15-20)27(24-11-5-6-12-26(24)35-28)30(37)33-17-22-10-7-13-32-29(22)36-19-31-18-34-36/h2-13,16,18-20H,14-15,17H2,1H3,(H,33,37)/b23-16-. The Balaban J connectivity index is 1.41. The van der Waals surface area contributed by atoms with E-state index in [4.69, 9.17) is 4.98 Å². The molecule has 1 atom stereocenters. The van der Waals surface area contributed by atoms with Crippen molar-refractivity contribution in [1.82, 2.24) is 30.0 Å². The Morgan fingerprint density at radius 1 is 1.05 bits per heavy atom. The highest BCUT2D eigenvalue weighted by Gasteiger charge is 2.28. The molecule has 6 rings (SSSR count). The third-order valence-electron chi connectivity index (χ3n) is 6.73. The summed E-state index contributed by atoms with van der Waals surface area (Å²) in [6.45, 7) is 2.55. The maximum Gasteiger partial charge on any atom is 0.252 e. The predicted octanol–water partition coefficient (Wildman–Crippen LogP) is 5.26. The number of fused-ring (bicyclic) bond motifs is 2. The van der Waals surface area contributed by atoms with Crippen molar-refractivity contribution >= 4 is 28.5 Å². The third-order valence-corrected chi connectivity index (χ3v) is 6.73. The average molecular weight is 487 g/mol. The van der Waals surface area contributed by atoms with Crippen molar-refractivity contribution in [2.24, 2.45) is 5.92 Å². The van der Waals surface area contributed by atoms with Crippen LogP contribution in [0.4, 0.5) is 0 Å². The number of amides is 1. The van der Waals surface area contributed by atoms with E-state index in [1.165, 1.54) is 11.9 Å². The molecule has 2 aromatic carbocycles. The van der Waals surface area contributed by atoms with Crippen LogP contribution in [0.5, 0.6) is 0 Å². The van der Waals surface area contributed by atoms with Gasteiger partial charge in [-0.25, -0.2) is 19.6 Å². The number of carbonyl (C=O) groups is 1. The highest BCUT2D eigenvalue weighted by atomic mass is 16.1. The zero-order chi connectivity index (χ0) is 25.2. The lowest BCUT2D eigenvalue weighted by atomic mass is 9.80. The van der Waals surface area contributed by atoms with Gasteiger partial charge < -0.3 is 5.32 Å². The van der Waals surface area contributed by atoms with E-state index in [1.807, 2.05) is 54.6 Å². The molecule has 182 valence electrons. The number of benzene rings is 2. The first-order chi connectivity index (χ1) is 18.2. The Bertz CT molecular complexity index is 1610. The molecule has 37 heavy (non-hydrogen) atoms. The second kappa shape index (κ2) is 9.78. The highest BCUT2D eigenvalue weighted by molar-refractivity contribution is 6.09. The number of nitrogens with one attached hydrogen (secondary N) is 1. The van der Waals surface area contributed by atoms with Crippen LogP contribution < -0.4 is 5.32 Å². The fourth-order valence-corrected chi connectivity index (χ4v) is 5.10. The number of nitrogens with zero attached hydrogens (tertiary/aromatic N) is 5. The molecule has 3 aromatic heterocycles. The van der Waals surface area contributed by atoms with Crippen LogP contribution in [0.25, 0.3) is 28.4 Å². The van der Waals surface area contributed by atoms with Gasteiger partial charge in [-0.2, -0.15) is 5.10 Å². The second-order valence-corrected chi connectivity index (χ2v) is 9.43. The zero-order valence-electron chi connectivity index (χ0n) is 20.5. The SMILES string of the molecule is CC1C/C(=C/c2ccccc2)c2nc3ccccc3c(C(=O)NCc3cccnc3-n3cncn3)c2C1. The Labute approximate surface area is 214 Å². The first-order valence-electron chi connectivity index (χ1n) is 12.4. The molecule has 0 saturated heterocycles. The van der Waals surface area contributed by atoms with Gasteiger partial charge in [0, 0.05) is 23.7 Å². The first kappa shape index (κ1) is 22.8. The summed E-state index contributed by atoms with van der Waals surface area (Å²) < 4.78 is 1.60. The van der Waals surface area contributed by atoms with E-state index < -0.39 is 0 Å². The molecular formula is C30H26N6O. The van der Waals surface area contributed by atoms with E-state index in [9.17, 15) is 4.79 Å². The molecule has 1 N–H and O–H groups in total. The van der Waals surface area contributed by atoms with Gasteiger partial charge >= 0.3 is 0 Å². The molecule has 1 aliphatic carbocycles. The summed E-state index contributed by atoms with van der Waals surface area (Å²) in [6.07, 6.45) is 8.70. The fourth-order valence-electron chi connectivity index (χ4n) is 5.10. The van der Waals surface area contributed by atoms with Crippen LogP contribution in [0.3, 0.4) is 0 Å². The molecule has 0 spiro atoms. The second-order valence-electron chi connectivity index (χ2n) is 9.43. The molecule has 7 nitrogen and oxygen atoms in total. The summed E-state index contributed by atoms with van der Waals surface area (Å²) in [5, 5.41) is 8.22. The van der Waals surface area contributed by atoms with Gasteiger partial charge in [0.2, 0.25) is 0 Å². The fraction of sp³-hybridized carbons (Fsp3) is 0.167.